The van der Waals surface area contributed by atoms with E-state index in [1.807, 2.05) is 0 Å². The molecule has 11 nitrogen and oxygen atoms in total. The van der Waals surface area contributed by atoms with Crippen LogP contribution in [0.1, 0.15) is 11.1 Å². The van der Waals surface area contributed by atoms with Gasteiger partial charge in [0.15, 0.2) is 0 Å². The van der Waals surface area contributed by atoms with Crippen molar-refractivity contribution < 1.29 is 19.4 Å². The molecule has 2 amide bonds. The number of nitrogens with zero attached hydrogens (tertiary/aromatic N) is 3. The van der Waals surface area contributed by atoms with Gasteiger partial charge in [0.05, 0.1) is 21.7 Å². The largest absolute Gasteiger partial charge is 0.369 e. The predicted octanol–water partition coefficient (Wildman–Crippen LogP) is 1.44. The molecular weight excluding hydrogens is 430 g/mol. The SMILES string of the molecule is NC(=O)C1CNCC1C(=O)N(CCc1ccc([N+](=O)[O-])cc1)CCc1ccc([N+](=O)[O-])cc1. The standard InChI is InChI=1S/C22H25N5O6/c23-21(28)19-13-24-14-20(19)22(29)25(11-9-15-1-5-17(6-2-15)26(30)31)12-10-16-3-7-18(8-4-16)27(32)33/h1-8,19-20,24H,9-14H2,(H2,23,28). The van der Waals surface area contributed by atoms with E-state index in [4.69, 9.17) is 5.73 Å². The lowest BCUT2D eigenvalue weighted by molar-refractivity contribution is -0.385. The van der Waals surface area contributed by atoms with Gasteiger partial charge in [0.2, 0.25) is 11.8 Å². The first kappa shape index (κ1) is 23.8. The van der Waals surface area contributed by atoms with Crippen molar-refractivity contribution in [2.45, 2.75) is 12.8 Å². The molecule has 1 fully saturated rings. The number of nitro benzene ring substituents is 2. The van der Waals surface area contributed by atoms with Crippen LogP contribution >= 0.6 is 0 Å². The van der Waals surface area contributed by atoms with Gasteiger partial charge >= 0.3 is 0 Å². The molecule has 11 heteroatoms. The smallest absolute Gasteiger partial charge is 0.269 e. The minimum absolute atomic E-state index is 0.00816. The van der Waals surface area contributed by atoms with Gasteiger partial charge in [0.1, 0.15) is 0 Å². The molecule has 0 saturated carbocycles. The molecule has 0 spiro atoms. The van der Waals surface area contributed by atoms with E-state index in [0.29, 0.717) is 39.0 Å². The number of primary amides is 1. The minimum Gasteiger partial charge on any atom is -0.369 e. The van der Waals surface area contributed by atoms with Gasteiger partial charge in [-0.05, 0) is 24.0 Å². The minimum atomic E-state index is -0.584. The average molecular weight is 455 g/mol. The molecule has 0 aromatic heterocycles. The summed E-state index contributed by atoms with van der Waals surface area (Å²) in [5.74, 6) is -1.85. The first-order valence-corrected chi connectivity index (χ1v) is 10.5. The molecule has 2 unspecified atom stereocenters. The van der Waals surface area contributed by atoms with Crippen molar-refractivity contribution >= 4 is 23.2 Å². The summed E-state index contributed by atoms with van der Waals surface area (Å²) in [6.45, 7) is 1.42. The predicted molar refractivity (Wildman–Crippen MR) is 119 cm³/mol. The Morgan fingerprint density at radius 3 is 1.67 bits per heavy atom. The summed E-state index contributed by atoms with van der Waals surface area (Å²) < 4.78 is 0. The molecule has 0 aliphatic carbocycles. The maximum atomic E-state index is 13.3. The van der Waals surface area contributed by atoms with Crippen molar-refractivity contribution in [3.8, 4) is 0 Å². The Morgan fingerprint density at radius 1 is 0.848 bits per heavy atom. The normalized spacial score (nSPS) is 17.5. The lowest BCUT2D eigenvalue weighted by Gasteiger charge is -2.27. The Labute approximate surface area is 189 Å². The summed E-state index contributed by atoms with van der Waals surface area (Å²) in [4.78, 5) is 47.5. The van der Waals surface area contributed by atoms with Crippen LogP contribution in [0.2, 0.25) is 0 Å². The van der Waals surface area contributed by atoms with Crippen molar-refractivity contribution in [3.05, 3.63) is 79.9 Å². The third-order valence-electron chi connectivity index (χ3n) is 5.84. The molecule has 1 saturated heterocycles. The molecule has 33 heavy (non-hydrogen) atoms. The van der Waals surface area contributed by atoms with Crippen LogP contribution in [0.3, 0.4) is 0 Å². The molecule has 2 atom stereocenters. The molecule has 3 rings (SSSR count). The number of rotatable bonds is 10. The van der Waals surface area contributed by atoms with Crippen molar-refractivity contribution in [1.29, 1.82) is 0 Å². The van der Waals surface area contributed by atoms with E-state index >= 15 is 0 Å². The average Bonchev–Trinajstić information content (AvgIpc) is 3.29. The van der Waals surface area contributed by atoms with Gasteiger partial charge in [-0.3, -0.25) is 29.8 Å². The molecule has 1 aliphatic heterocycles. The molecule has 174 valence electrons. The van der Waals surface area contributed by atoms with Crippen LogP contribution in [0.15, 0.2) is 48.5 Å². The molecule has 3 N–H and O–H groups in total. The van der Waals surface area contributed by atoms with Crippen LogP contribution in [-0.2, 0) is 22.4 Å². The second kappa shape index (κ2) is 10.6. The van der Waals surface area contributed by atoms with E-state index in [1.165, 1.54) is 24.3 Å². The first-order valence-electron chi connectivity index (χ1n) is 10.5. The number of non-ortho nitro benzene ring substituents is 2. The van der Waals surface area contributed by atoms with Crippen LogP contribution in [-0.4, -0.2) is 52.7 Å². The first-order chi connectivity index (χ1) is 15.8. The van der Waals surface area contributed by atoms with Crippen molar-refractivity contribution in [2.24, 2.45) is 17.6 Å². The maximum absolute atomic E-state index is 13.3. The second-order valence-electron chi connectivity index (χ2n) is 7.95. The fourth-order valence-corrected chi connectivity index (χ4v) is 3.90. The monoisotopic (exact) mass is 455 g/mol. The summed E-state index contributed by atoms with van der Waals surface area (Å²) in [6.07, 6.45) is 0.955. The van der Waals surface area contributed by atoms with Crippen LogP contribution in [0.4, 0.5) is 11.4 Å². The van der Waals surface area contributed by atoms with Gasteiger partial charge in [0.25, 0.3) is 11.4 Å². The van der Waals surface area contributed by atoms with Crippen molar-refractivity contribution in [2.75, 3.05) is 26.2 Å². The van der Waals surface area contributed by atoms with Crippen LogP contribution in [0, 0.1) is 32.1 Å². The van der Waals surface area contributed by atoms with Crippen molar-refractivity contribution in [3.63, 3.8) is 0 Å². The van der Waals surface area contributed by atoms with E-state index < -0.39 is 27.6 Å². The number of amides is 2. The molecule has 1 heterocycles. The zero-order chi connectivity index (χ0) is 24.0. The lowest BCUT2D eigenvalue weighted by atomic mass is 9.93. The number of benzene rings is 2. The Kier molecular flexibility index (Phi) is 7.67. The van der Waals surface area contributed by atoms with Gasteiger partial charge in [-0.1, -0.05) is 24.3 Å². The summed E-state index contributed by atoms with van der Waals surface area (Å²) in [6, 6.07) is 12.3. The van der Waals surface area contributed by atoms with E-state index in [-0.39, 0.29) is 17.3 Å². The summed E-state index contributed by atoms with van der Waals surface area (Å²) in [5.41, 5.74) is 7.13. The number of hydrogen-bond acceptors (Lipinski definition) is 7. The van der Waals surface area contributed by atoms with E-state index in [9.17, 15) is 29.8 Å². The summed E-state index contributed by atoms with van der Waals surface area (Å²) in [7, 11) is 0. The van der Waals surface area contributed by atoms with Crippen LogP contribution < -0.4 is 11.1 Å². The van der Waals surface area contributed by atoms with E-state index in [2.05, 4.69) is 5.32 Å². The molecular formula is C22H25N5O6. The van der Waals surface area contributed by atoms with E-state index in [0.717, 1.165) is 11.1 Å². The Morgan fingerprint density at radius 2 is 1.27 bits per heavy atom. The highest BCUT2D eigenvalue weighted by Gasteiger charge is 2.38. The zero-order valence-corrected chi connectivity index (χ0v) is 17.9. The quantitative estimate of drug-likeness (QED) is 0.404. The highest BCUT2D eigenvalue weighted by molar-refractivity contribution is 5.88. The number of nitro groups is 2. The Hall–Kier alpha value is -3.86. The van der Waals surface area contributed by atoms with Gasteiger partial charge in [-0.25, -0.2) is 0 Å². The summed E-state index contributed by atoms with van der Waals surface area (Å²) >= 11 is 0. The highest BCUT2D eigenvalue weighted by atomic mass is 16.6. The summed E-state index contributed by atoms with van der Waals surface area (Å²) in [5, 5.41) is 24.7. The Bertz CT molecular complexity index is 963. The fraction of sp³-hybridized carbons (Fsp3) is 0.364. The van der Waals surface area contributed by atoms with Gasteiger partial charge in [0, 0.05) is 50.4 Å². The van der Waals surface area contributed by atoms with Gasteiger partial charge in [-0.2, -0.15) is 0 Å². The number of carbonyl (C=O) groups is 2. The topological polar surface area (TPSA) is 162 Å². The molecule has 1 aliphatic rings. The lowest BCUT2D eigenvalue weighted by Crippen LogP contribution is -2.44. The Balaban J connectivity index is 1.71. The van der Waals surface area contributed by atoms with Crippen LogP contribution in [0.5, 0.6) is 0 Å². The second-order valence-corrected chi connectivity index (χ2v) is 7.95. The maximum Gasteiger partial charge on any atom is 0.269 e. The molecule has 0 bridgehead atoms. The molecule has 0 radical (unpaired) electrons. The number of carbonyl (C=O) groups excluding carboxylic acids is 2. The number of nitrogens with one attached hydrogen (secondary N) is 1. The molecule has 2 aromatic rings. The van der Waals surface area contributed by atoms with Gasteiger partial charge < -0.3 is 16.0 Å². The third-order valence-corrected chi connectivity index (χ3v) is 5.84. The third kappa shape index (κ3) is 6.10. The highest BCUT2D eigenvalue weighted by Crippen LogP contribution is 2.21. The van der Waals surface area contributed by atoms with E-state index in [1.54, 1.807) is 29.2 Å². The number of hydrogen-bond donors (Lipinski definition) is 2. The fourth-order valence-electron chi connectivity index (χ4n) is 3.90. The van der Waals surface area contributed by atoms with Crippen molar-refractivity contribution in [1.82, 2.24) is 10.2 Å². The zero-order valence-electron chi connectivity index (χ0n) is 17.9. The molecule has 2 aromatic carbocycles. The van der Waals surface area contributed by atoms with Gasteiger partial charge in [-0.15, -0.1) is 0 Å². The van der Waals surface area contributed by atoms with Crippen LogP contribution in [0.25, 0.3) is 0 Å². The number of nitrogens with two attached hydrogens (primary N) is 1.